The zero-order valence-electron chi connectivity index (χ0n) is 9.28. The summed E-state index contributed by atoms with van der Waals surface area (Å²) in [7, 11) is 0. The number of hydrogen-bond acceptors (Lipinski definition) is 0. The quantitative estimate of drug-likeness (QED) is 0.659. The molecule has 0 fully saturated rings. The minimum Gasteiger partial charge on any atom is -0.247 e. The number of rotatable bonds is 4. The van der Waals surface area contributed by atoms with Gasteiger partial charge in [-0.25, -0.2) is 4.39 Å². The monoisotopic (exact) mass is 204 g/mol. The third-order valence-electron chi connectivity index (χ3n) is 2.90. The molecule has 3 atom stereocenters. The van der Waals surface area contributed by atoms with Gasteiger partial charge in [-0.3, -0.25) is 0 Å². The second-order valence-electron chi connectivity index (χ2n) is 4.02. The van der Waals surface area contributed by atoms with Crippen LogP contribution in [0.4, 0.5) is 4.39 Å². The van der Waals surface area contributed by atoms with E-state index in [1.54, 1.807) is 0 Å². The molecule has 0 aliphatic heterocycles. The first-order chi connectivity index (χ1) is 7.15. The molecule has 3 unspecified atom stereocenters. The molecular weight excluding hydrogens is 187 g/mol. The van der Waals surface area contributed by atoms with Gasteiger partial charge in [0.15, 0.2) is 0 Å². The van der Waals surface area contributed by atoms with E-state index in [2.05, 4.69) is 5.92 Å². The van der Waals surface area contributed by atoms with Crippen LogP contribution in [0.5, 0.6) is 0 Å². The maximum atomic E-state index is 13.8. The molecule has 1 rings (SSSR count). The summed E-state index contributed by atoms with van der Waals surface area (Å²) < 4.78 is 13.8. The summed E-state index contributed by atoms with van der Waals surface area (Å²) >= 11 is 0. The Bertz CT molecular complexity index is 323. The van der Waals surface area contributed by atoms with Crippen molar-refractivity contribution in [1.29, 1.82) is 0 Å². The predicted octanol–water partition coefficient (Wildman–Crippen LogP) is 3.47. The molecule has 1 aromatic carbocycles. The van der Waals surface area contributed by atoms with E-state index in [0.717, 1.165) is 5.56 Å². The molecule has 0 nitrogen and oxygen atoms in total. The lowest BCUT2D eigenvalue weighted by molar-refractivity contribution is 0.211. The number of terminal acetylenes is 1. The van der Waals surface area contributed by atoms with Crippen molar-refractivity contribution in [2.24, 2.45) is 11.8 Å². The van der Waals surface area contributed by atoms with Gasteiger partial charge in [0.05, 0.1) is 0 Å². The van der Waals surface area contributed by atoms with Crippen LogP contribution >= 0.6 is 0 Å². The SMILES string of the molecule is C#CC(C)C(C)C(F)Cc1ccccc1. The number of benzene rings is 1. The van der Waals surface area contributed by atoms with Gasteiger partial charge in [0.2, 0.25) is 0 Å². The highest BCUT2D eigenvalue weighted by molar-refractivity contribution is 5.15. The highest BCUT2D eigenvalue weighted by Gasteiger charge is 2.21. The van der Waals surface area contributed by atoms with E-state index >= 15 is 0 Å². The number of halogens is 1. The van der Waals surface area contributed by atoms with Crippen molar-refractivity contribution in [2.75, 3.05) is 0 Å². The van der Waals surface area contributed by atoms with Gasteiger partial charge in [0, 0.05) is 18.3 Å². The Balaban J connectivity index is 2.57. The minimum absolute atomic E-state index is 0.0105. The van der Waals surface area contributed by atoms with Crippen LogP contribution in [0.25, 0.3) is 0 Å². The largest absolute Gasteiger partial charge is 0.247 e. The van der Waals surface area contributed by atoms with Crippen molar-refractivity contribution in [2.45, 2.75) is 26.4 Å². The first kappa shape index (κ1) is 11.8. The number of hydrogen-bond donors (Lipinski definition) is 0. The van der Waals surface area contributed by atoms with Crippen molar-refractivity contribution in [3.05, 3.63) is 35.9 Å². The fourth-order valence-electron chi connectivity index (χ4n) is 1.49. The molecule has 0 bridgehead atoms. The molecule has 0 aliphatic carbocycles. The van der Waals surface area contributed by atoms with Gasteiger partial charge in [-0.05, 0) is 5.56 Å². The molecule has 15 heavy (non-hydrogen) atoms. The summed E-state index contributed by atoms with van der Waals surface area (Å²) in [6.45, 7) is 3.76. The topological polar surface area (TPSA) is 0 Å². The van der Waals surface area contributed by atoms with E-state index in [4.69, 9.17) is 6.42 Å². The third kappa shape index (κ3) is 3.40. The molecule has 0 amide bonds. The molecule has 1 heteroatoms. The first-order valence-corrected chi connectivity index (χ1v) is 5.29. The van der Waals surface area contributed by atoms with Gasteiger partial charge < -0.3 is 0 Å². The summed E-state index contributed by atoms with van der Waals surface area (Å²) in [6, 6.07) is 9.68. The average Bonchev–Trinajstić information content (AvgIpc) is 2.28. The maximum absolute atomic E-state index is 13.8. The van der Waals surface area contributed by atoms with Crippen molar-refractivity contribution in [1.82, 2.24) is 0 Å². The molecule has 0 saturated heterocycles. The highest BCUT2D eigenvalue weighted by atomic mass is 19.1. The Morgan fingerprint density at radius 1 is 1.27 bits per heavy atom. The van der Waals surface area contributed by atoms with Crippen LogP contribution in [0.3, 0.4) is 0 Å². The smallest absolute Gasteiger partial charge is 0.108 e. The lowest BCUT2D eigenvalue weighted by atomic mass is 9.89. The van der Waals surface area contributed by atoms with Crippen LogP contribution in [0, 0.1) is 24.2 Å². The first-order valence-electron chi connectivity index (χ1n) is 5.29. The second kappa shape index (κ2) is 5.56. The zero-order chi connectivity index (χ0) is 11.3. The van der Waals surface area contributed by atoms with E-state index < -0.39 is 6.17 Å². The normalized spacial score (nSPS) is 16.4. The zero-order valence-corrected chi connectivity index (χ0v) is 9.28. The van der Waals surface area contributed by atoms with Crippen LogP contribution in [0.15, 0.2) is 30.3 Å². The van der Waals surface area contributed by atoms with Gasteiger partial charge in [-0.15, -0.1) is 12.3 Å². The van der Waals surface area contributed by atoms with Gasteiger partial charge >= 0.3 is 0 Å². The van der Waals surface area contributed by atoms with Crippen molar-refractivity contribution in [3.8, 4) is 12.3 Å². The average molecular weight is 204 g/mol. The minimum atomic E-state index is -0.863. The number of alkyl halides is 1. The van der Waals surface area contributed by atoms with Crippen LogP contribution in [0.2, 0.25) is 0 Å². The van der Waals surface area contributed by atoms with Gasteiger partial charge in [-0.2, -0.15) is 0 Å². The summed E-state index contributed by atoms with van der Waals surface area (Å²) in [5, 5.41) is 0. The van der Waals surface area contributed by atoms with Crippen LogP contribution in [0.1, 0.15) is 19.4 Å². The maximum Gasteiger partial charge on any atom is 0.108 e. The molecular formula is C14H17F. The van der Waals surface area contributed by atoms with Crippen molar-refractivity contribution in [3.63, 3.8) is 0 Å². The summed E-state index contributed by atoms with van der Waals surface area (Å²) in [5.41, 5.74) is 1.03. The molecule has 1 aromatic rings. The van der Waals surface area contributed by atoms with Gasteiger partial charge in [0.1, 0.15) is 6.17 Å². The van der Waals surface area contributed by atoms with Crippen molar-refractivity contribution >= 4 is 0 Å². The molecule has 0 radical (unpaired) electrons. The Morgan fingerprint density at radius 3 is 2.40 bits per heavy atom. The predicted molar refractivity (Wildman–Crippen MR) is 62.2 cm³/mol. The van der Waals surface area contributed by atoms with E-state index in [0.29, 0.717) is 6.42 Å². The van der Waals surface area contributed by atoms with Gasteiger partial charge in [-0.1, -0.05) is 44.2 Å². The van der Waals surface area contributed by atoms with Crippen LogP contribution in [-0.2, 0) is 6.42 Å². The van der Waals surface area contributed by atoms with E-state index in [-0.39, 0.29) is 11.8 Å². The molecule has 0 aromatic heterocycles. The van der Waals surface area contributed by atoms with E-state index in [9.17, 15) is 4.39 Å². The van der Waals surface area contributed by atoms with Crippen LogP contribution < -0.4 is 0 Å². The Labute approximate surface area is 91.5 Å². The van der Waals surface area contributed by atoms with Gasteiger partial charge in [0.25, 0.3) is 0 Å². The Kier molecular flexibility index (Phi) is 4.37. The third-order valence-corrected chi connectivity index (χ3v) is 2.90. The Hall–Kier alpha value is -1.29. The van der Waals surface area contributed by atoms with E-state index in [1.807, 2.05) is 44.2 Å². The highest BCUT2D eigenvalue weighted by Crippen LogP contribution is 2.20. The standard InChI is InChI=1S/C14H17F/c1-4-11(2)12(3)14(15)10-13-8-6-5-7-9-13/h1,5-9,11-12,14H,10H2,2-3H3. The lowest BCUT2D eigenvalue weighted by Crippen LogP contribution is -2.21. The summed E-state index contributed by atoms with van der Waals surface area (Å²) in [4.78, 5) is 0. The lowest BCUT2D eigenvalue weighted by Gasteiger charge is -2.19. The van der Waals surface area contributed by atoms with Crippen LogP contribution in [-0.4, -0.2) is 6.17 Å². The summed E-state index contributed by atoms with van der Waals surface area (Å²) in [6.07, 6.45) is 4.88. The fraction of sp³-hybridized carbons (Fsp3) is 0.429. The second-order valence-corrected chi connectivity index (χ2v) is 4.02. The fourth-order valence-corrected chi connectivity index (χ4v) is 1.49. The molecule has 0 aliphatic rings. The molecule has 0 N–H and O–H groups in total. The molecule has 0 spiro atoms. The molecule has 0 saturated carbocycles. The Morgan fingerprint density at radius 2 is 1.87 bits per heavy atom. The van der Waals surface area contributed by atoms with E-state index in [1.165, 1.54) is 0 Å². The molecule has 80 valence electrons. The van der Waals surface area contributed by atoms with Crippen molar-refractivity contribution < 1.29 is 4.39 Å². The summed E-state index contributed by atoms with van der Waals surface area (Å²) in [5.74, 6) is 2.49. The molecule has 0 heterocycles.